The summed E-state index contributed by atoms with van der Waals surface area (Å²) in [6, 6.07) is 5.62. The Morgan fingerprint density at radius 2 is 1.97 bits per heavy atom. The van der Waals surface area contributed by atoms with Gasteiger partial charge < -0.3 is 25.8 Å². The first-order valence-corrected chi connectivity index (χ1v) is 11.1. The molecule has 3 atom stereocenters. The van der Waals surface area contributed by atoms with Gasteiger partial charge >= 0.3 is 6.09 Å². The molecule has 2 saturated heterocycles. The number of hydrogen-bond acceptors (Lipinski definition) is 5. The van der Waals surface area contributed by atoms with Crippen molar-refractivity contribution in [1.29, 1.82) is 0 Å². The van der Waals surface area contributed by atoms with Crippen molar-refractivity contribution in [3.63, 3.8) is 0 Å². The highest BCUT2D eigenvalue weighted by molar-refractivity contribution is 6.30. The highest BCUT2D eigenvalue weighted by atomic mass is 35.5. The lowest BCUT2D eigenvalue weighted by Gasteiger charge is -2.44. The van der Waals surface area contributed by atoms with Gasteiger partial charge in [-0.25, -0.2) is 4.79 Å². The summed E-state index contributed by atoms with van der Waals surface area (Å²) in [5.74, 6) is -0.763. The number of carboxylic acid groups (broad SMARTS) is 1. The number of amides is 3. The van der Waals surface area contributed by atoms with Crippen molar-refractivity contribution in [3.8, 4) is 0 Å². The molecule has 1 unspecified atom stereocenters. The molecule has 3 rings (SSSR count). The molecule has 2 fully saturated rings. The van der Waals surface area contributed by atoms with Gasteiger partial charge in [0.1, 0.15) is 11.8 Å². The second-order valence-corrected chi connectivity index (χ2v) is 9.59. The highest BCUT2D eigenvalue weighted by Crippen LogP contribution is 2.31. The van der Waals surface area contributed by atoms with Gasteiger partial charge in [0.05, 0.1) is 18.2 Å². The van der Waals surface area contributed by atoms with E-state index in [0.717, 1.165) is 5.56 Å². The first kappa shape index (κ1) is 24.3. The first-order chi connectivity index (χ1) is 14.9. The van der Waals surface area contributed by atoms with Gasteiger partial charge in [0.2, 0.25) is 11.8 Å². The van der Waals surface area contributed by atoms with Crippen molar-refractivity contribution < 1.29 is 24.2 Å². The number of likely N-dealkylation sites (tertiary alicyclic amines) is 1. The second-order valence-electron chi connectivity index (χ2n) is 9.15. The number of rotatable bonds is 5. The third-order valence-corrected chi connectivity index (χ3v) is 6.36. The van der Waals surface area contributed by atoms with Crippen LogP contribution in [-0.2, 0) is 20.7 Å². The van der Waals surface area contributed by atoms with Gasteiger partial charge in [-0.05, 0) is 57.7 Å². The normalized spacial score (nSPS) is 26.0. The Bertz CT molecular complexity index is 876. The van der Waals surface area contributed by atoms with Crippen LogP contribution in [0.25, 0.3) is 0 Å². The number of carbonyl (C=O) groups excluding carboxylic acids is 2. The average Bonchev–Trinajstić information content (AvgIpc) is 3.04. The molecule has 1 aromatic rings. The van der Waals surface area contributed by atoms with E-state index in [1.807, 2.05) is 12.1 Å². The number of nitrogens with two attached hydrogens (primary N) is 1. The van der Waals surface area contributed by atoms with E-state index >= 15 is 0 Å². The van der Waals surface area contributed by atoms with Crippen LogP contribution < -0.4 is 11.1 Å². The molecule has 0 aliphatic carbocycles. The van der Waals surface area contributed by atoms with Gasteiger partial charge in [-0.15, -0.1) is 0 Å². The number of nitrogens with one attached hydrogen (secondary N) is 1. The Balaban J connectivity index is 1.88. The number of carbonyl (C=O) groups is 3. The summed E-state index contributed by atoms with van der Waals surface area (Å²) in [6.07, 6.45) is 0.606. The van der Waals surface area contributed by atoms with Crippen molar-refractivity contribution in [2.24, 2.45) is 5.73 Å². The highest BCUT2D eigenvalue weighted by Gasteiger charge is 2.49. The van der Waals surface area contributed by atoms with Crippen LogP contribution in [0.4, 0.5) is 4.79 Å². The second kappa shape index (κ2) is 9.25. The maximum absolute atomic E-state index is 13.5. The maximum atomic E-state index is 13.5. The van der Waals surface area contributed by atoms with Crippen molar-refractivity contribution in [2.75, 3.05) is 19.7 Å². The summed E-state index contributed by atoms with van der Waals surface area (Å²) in [7, 11) is 0. The van der Waals surface area contributed by atoms with Gasteiger partial charge in [-0.1, -0.05) is 23.7 Å². The third kappa shape index (κ3) is 5.16. The third-order valence-electron chi connectivity index (χ3n) is 6.11. The van der Waals surface area contributed by atoms with Gasteiger partial charge in [-0.2, -0.15) is 0 Å². The molecule has 0 radical (unpaired) electrons. The zero-order chi connectivity index (χ0) is 23.7. The molecule has 0 saturated carbocycles. The minimum absolute atomic E-state index is 0.0387. The fraction of sp³-hybridized carbons (Fsp3) is 0.591. The molecular formula is C22H31ClN4O5. The number of nitrogens with zero attached hydrogens (tertiary/aromatic N) is 2. The van der Waals surface area contributed by atoms with Crippen LogP contribution in [0.5, 0.6) is 0 Å². The summed E-state index contributed by atoms with van der Waals surface area (Å²) >= 11 is 6.00. The molecule has 32 heavy (non-hydrogen) atoms. The lowest BCUT2D eigenvalue weighted by atomic mass is 9.82. The van der Waals surface area contributed by atoms with Crippen molar-refractivity contribution >= 4 is 29.5 Å². The molecule has 2 aliphatic heterocycles. The van der Waals surface area contributed by atoms with Crippen LogP contribution in [0.1, 0.15) is 39.2 Å². The fourth-order valence-corrected chi connectivity index (χ4v) is 4.68. The zero-order valence-electron chi connectivity index (χ0n) is 18.6. The van der Waals surface area contributed by atoms with E-state index in [-0.39, 0.29) is 25.0 Å². The molecule has 3 amide bonds. The molecular weight excluding hydrogens is 436 g/mol. The number of hydrogen-bond donors (Lipinski definition) is 3. The van der Waals surface area contributed by atoms with Gasteiger partial charge in [-0.3, -0.25) is 14.5 Å². The van der Waals surface area contributed by atoms with Gasteiger partial charge in [0.15, 0.2) is 0 Å². The summed E-state index contributed by atoms with van der Waals surface area (Å²) < 4.78 is 5.74. The van der Waals surface area contributed by atoms with Crippen molar-refractivity contribution in [3.05, 3.63) is 34.9 Å². The van der Waals surface area contributed by atoms with E-state index in [1.165, 1.54) is 9.80 Å². The Kier molecular flexibility index (Phi) is 7.02. The van der Waals surface area contributed by atoms with Crippen LogP contribution >= 0.6 is 11.6 Å². The molecule has 4 N–H and O–H groups in total. The molecule has 0 aromatic heterocycles. The standard InChI is InChI=1S/C22H31ClN4O5/c1-14(24)19(29)27-17(12-32-21(27,2)3)18(28)25-22(9-4-10-26(13-22)20(30)31)11-15-5-7-16(23)8-6-15/h5-8,14,17H,4,9-13,24H2,1-3H3,(H,25,28)(H,30,31)/t14-,17-,22?/m0/s1. The smallest absolute Gasteiger partial charge is 0.407 e. The quantitative estimate of drug-likeness (QED) is 0.607. The van der Waals surface area contributed by atoms with E-state index in [0.29, 0.717) is 30.8 Å². The first-order valence-electron chi connectivity index (χ1n) is 10.7. The van der Waals surface area contributed by atoms with E-state index in [1.54, 1.807) is 32.9 Å². The predicted molar refractivity (Wildman–Crippen MR) is 119 cm³/mol. The minimum atomic E-state index is -1.03. The Hall–Kier alpha value is -2.36. The summed E-state index contributed by atoms with van der Waals surface area (Å²) in [4.78, 5) is 40.6. The van der Waals surface area contributed by atoms with Crippen LogP contribution in [0.3, 0.4) is 0 Å². The lowest BCUT2D eigenvalue weighted by molar-refractivity contribution is -0.151. The summed E-state index contributed by atoms with van der Waals surface area (Å²) in [5, 5.41) is 13.3. The monoisotopic (exact) mass is 466 g/mol. The molecule has 176 valence electrons. The molecule has 0 bridgehead atoms. The molecule has 2 heterocycles. The number of benzene rings is 1. The van der Waals surface area contributed by atoms with E-state index in [9.17, 15) is 19.5 Å². The predicted octanol–water partition coefficient (Wildman–Crippen LogP) is 1.82. The van der Waals surface area contributed by atoms with Crippen molar-refractivity contribution in [2.45, 2.75) is 63.4 Å². The Morgan fingerprint density at radius 3 is 2.56 bits per heavy atom. The SMILES string of the molecule is C[C@H](N)C(=O)N1[C@H](C(=O)NC2(Cc3ccc(Cl)cc3)CCCN(C(=O)O)C2)COC1(C)C. The van der Waals surface area contributed by atoms with Crippen LogP contribution in [-0.4, -0.2) is 75.9 Å². The van der Waals surface area contributed by atoms with Crippen LogP contribution in [0, 0.1) is 0 Å². The molecule has 1 aromatic carbocycles. The fourth-order valence-electron chi connectivity index (χ4n) is 4.56. The van der Waals surface area contributed by atoms with Gasteiger partial charge in [0, 0.05) is 18.1 Å². The van der Waals surface area contributed by atoms with E-state index in [2.05, 4.69) is 5.32 Å². The average molecular weight is 467 g/mol. The molecule has 9 nitrogen and oxygen atoms in total. The minimum Gasteiger partial charge on any atom is -0.465 e. The van der Waals surface area contributed by atoms with Crippen molar-refractivity contribution in [1.82, 2.24) is 15.1 Å². The Labute approximate surface area is 192 Å². The topological polar surface area (TPSA) is 125 Å². The number of piperidine rings is 1. The van der Waals surface area contributed by atoms with E-state index < -0.39 is 29.4 Å². The number of halogens is 1. The van der Waals surface area contributed by atoms with Crippen LogP contribution in [0.2, 0.25) is 5.02 Å². The lowest BCUT2D eigenvalue weighted by Crippen LogP contribution is -2.65. The largest absolute Gasteiger partial charge is 0.465 e. The molecule has 2 aliphatic rings. The van der Waals surface area contributed by atoms with Gasteiger partial charge in [0.25, 0.3) is 0 Å². The van der Waals surface area contributed by atoms with Crippen LogP contribution in [0.15, 0.2) is 24.3 Å². The summed E-state index contributed by atoms with van der Waals surface area (Å²) in [5.41, 5.74) is 4.94. The van der Waals surface area contributed by atoms with E-state index in [4.69, 9.17) is 22.1 Å². The maximum Gasteiger partial charge on any atom is 0.407 e. The Morgan fingerprint density at radius 1 is 1.31 bits per heavy atom. The molecule has 10 heteroatoms. The summed E-state index contributed by atoms with van der Waals surface area (Å²) in [6.45, 7) is 5.60. The molecule has 0 spiro atoms. The number of ether oxygens (including phenoxy) is 1. The zero-order valence-corrected chi connectivity index (χ0v) is 19.4.